The van der Waals surface area contributed by atoms with Crippen LogP contribution in [-0.4, -0.2) is 11.6 Å². The van der Waals surface area contributed by atoms with Gasteiger partial charge in [0, 0.05) is 17.6 Å². The molecule has 0 amide bonds. The lowest BCUT2D eigenvalue weighted by molar-refractivity contribution is -0.117. The van der Waals surface area contributed by atoms with Gasteiger partial charge in [-0.1, -0.05) is 66.3 Å². The normalized spacial score (nSPS) is 18.8. The molecule has 0 saturated carbocycles. The molecule has 140 valence electrons. The van der Waals surface area contributed by atoms with Gasteiger partial charge in [-0.2, -0.15) is 0 Å². The highest BCUT2D eigenvalue weighted by Gasteiger charge is 2.31. The standard InChI is InChI=1S/C26H24O2/c1-17-11-12-22(18(2)15-17)23-13-14-24(27)25(23)20-9-6-10-21(16-20)26(28)19-7-4-3-5-8-19/h3-4,6-7,9-13,15-16,25H,5,8,14H2,1-2H3. The van der Waals surface area contributed by atoms with Gasteiger partial charge in [-0.05, 0) is 55.0 Å². The fourth-order valence-electron chi connectivity index (χ4n) is 4.22. The van der Waals surface area contributed by atoms with Crippen molar-refractivity contribution in [3.05, 3.63) is 100 Å². The van der Waals surface area contributed by atoms with E-state index in [1.54, 1.807) is 0 Å². The molecule has 0 aliphatic heterocycles. The Morgan fingerprint density at radius 3 is 2.68 bits per heavy atom. The monoisotopic (exact) mass is 368 g/mol. The maximum Gasteiger partial charge on any atom is 0.189 e. The topological polar surface area (TPSA) is 34.1 Å². The Morgan fingerprint density at radius 1 is 1.07 bits per heavy atom. The van der Waals surface area contributed by atoms with Gasteiger partial charge in [-0.3, -0.25) is 9.59 Å². The molecule has 0 radical (unpaired) electrons. The second kappa shape index (κ2) is 7.55. The van der Waals surface area contributed by atoms with E-state index in [1.807, 2.05) is 42.5 Å². The Hall–Kier alpha value is -3.00. The molecule has 28 heavy (non-hydrogen) atoms. The molecule has 4 rings (SSSR count). The number of benzene rings is 2. The van der Waals surface area contributed by atoms with Crippen LogP contribution in [0.15, 0.2) is 72.3 Å². The van der Waals surface area contributed by atoms with Crippen LogP contribution in [0.2, 0.25) is 0 Å². The van der Waals surface area contributed by atoms with E-state index in [0.717, 1.165) is 35.1 Å². The van der Waals surface area contributed by atoms with Crippen LogP contribution in [0.4, 0.5) is 0 Å². The third-order valence-electron chi connectivity index (χ3n) is 5.64. The molecule has 0 N–H and O–H groups in total. The summed E-state index contributed by atoms with van der Waals surface area (Å²) in [6.45, 7) is 4.17. The van der Waals surface area contributed by atoms with Crippen molar-refractivity contribution < 1.29 is 9.59 Å². The highest BCUT2D eigenvalue weighted by atomic mass is 16.1. The Morgan fingerprint density at radius 2 is 1.93 bits per heavy atom. The first-order valence-electron chi connectivity index (χ1n) is 9.85. The van der Waals surface area contributed by atoms with E-state index in [9.17, 15) is 9.59 Å². The van der Waals surface area contributed by atoms with E-state index in [-0.39, 0.29) is 17.5 Å². The van der Waals surface area contributed by atoms with E-state index in [4.69, 9.17) is 0 Å². The maximum atomic E-state index is 12.9. The molecule has 0 aromatic heterocycles. The molecular formula is C26H24O2. The lowest BCUT2D eigenvalue weighted by atomic mass is 9.84. The van der Waals surface area contributed by atoms with E-state index in [0.29, 0.717) is 12.0 Å². The van der Waals surface area contributed by atoms with Gasteiger partial charge >= 0.3 is 0 Å². The zero-order valence-corrected chi connectivity index (χ0v) is 16.4. The predicted octanol–water partition coefficient (Wildman–Crippen LogP) is 5.90. The number of hydrogen-bond acceptors (Lipinski definition) is 2. The summed E-state index contributed by atoms with van der Waals surface area (Å²) in [5, 5.41) is 0. The number of rotatable bonds is 4. The molecule has 1 unspecified atom stereocenters. The Balaban J connectivity index is 1.70. The summed E-state index contributed by atoms with van der Waals surface area (Å²) >= 11 is 0. The van der Waals surface area contributed by atoms with Crippen molar-refractivity contribution in [3.63, 3.8) is 0 Å². The molecule has 0 heterocycles. The average Bonchev–Trinajstić information content (AvgIpc) is 3.09. The van der Waals surface area contributed by atoms with Crippen LogP contribution in [0.1, 0.15) is 57.8 Å². The van der Waals surface area contributed by atoms with Crippen molar-refractivity contribution in [2.45, 2.75) is 39.0 Å². The Bertz CT molecular complexity index is 1050. The first-order valence-corrected chi connectivity index (χ1v) is 9.85. The van der Waals surface area contributed by atoms with Crippen LogP contribution < -0.4 is 0 Å². The highest BCUT2D eigenvalue weighted by Crippen LogP contribution is 2.40. The molecule has 1 atom stereocenters. The van der Waals surface area contributed by atoms with Gasteiger partial charge in [-0.15, -0.1) is 0 Å². The van der Waals surface area contributed by atoms with E-state index in [1.165, 1.54) is 11.1 Å². The third-order valence-corrected chi connectivity index (χ3v) is 5.64. The zero-order valence-electron chi connectivity index (χ0n) is 16.4. The molecule has 0 bridgehead atoms. The first kappa shape index (κ1) is 18.4. The minimum Gasteiger partial charge on any atom is -0.298 e. The highest BCUT2D eigenvalue weighted by molar-refractivity contribution is 6.10. The smallest absolute Gasteiger partial charge is 0.189 e. The number of allylic oxidation sites excluding steroid dienone is 6. The number of ketones is 2. The van der Waals surface area contributed by atoms with Gasteiger partial charge in [-0.25, -0.2) is 0 Å². The summed E-state index contributed by atoms with van der Waals surface area (Å²) in [5.41, 5.74) is 6.99. The van der Waals surface area contributed by atoms with Crippen molar-refractivity contribution in [1.82, 2.24) is 0 Å². The predicted molar refractivity (Wildman–Crippen MR) is 113 cm³/mol. The average molecular weight is 368 g/mol. The number of carbonyl (C=O) groups is 2. The third kappa shape index (κ3) is 3.43. The molecule has 2 aliphatic carbocycles. The van der Waals surface area contributed by atoms with E-state index in [2.05, 4.69) is 38.1 Å². The molecule has 0 spiro atoms. The molecule has 2 aliphatic rings. The molecule has 2 aromatic rings. The summed E-state index contributed by atoms with van der Waals surface area (Å²) in [6.07, 6.45) is 10.1. The minimum atomic E-state index is -0.297. The van der Waals surface area contributed by atoms with Gasteiger partial charge in [0.1, 0.15) is 5.78 Å². The van der Waals surface area contributed by atoms with Crippen molar-refractivity contribution in [2.24, 2.45) is 0 Å². The summed E-state index contributed by atoms with van der Waals surface area (Å²) in [7, 11) is 0. The lowest BCUT2D eigenvalue weighted by Crippen LogP contribution is -2.11. The Labute approximate surface area is 166 Å². The van der Waals surface area contributed by atoms with Crippen LogP contribution in [0, 0.1) is 13.8 Å². The van der Waals surface area contributed by atoms with E-state index < -0.39 is 0 Å². The summed E-state index contributed by atoms with van der Waals surface area (Å²) in [4.78, 5) is 25.7. The number of carbonyl (C=O) groups excluding carboxylic acids is 2. The van der Waals surface area contributed by atoms with Crippen LogP contribution in [0.5, 0.6) is 0 Å². The second-order valence-electron chi connectivity index (χ2n) is 7.69. The van der Waals surface area contributed by atoms with Gasteiger partial charge in [0.15, 0.2) is 5.78 Å². The largest absolute Gasteiger partial charge is 0.298 e. The van der Waals surface area contributed by atoms with Crippen molar-refractivity contribution >= 4 is 17.1 Å². The lowest BCUT2D eigenvalue weighted by Gasteiger charge is -2.18. The molecule has 2 nitrogen and oxygen atoms in total. The fourth-order valence-corrected chi connectivity index (χ4v) is 4.22. The molecule has 0 fully saturated rings. The summed E-state index contributed by atoms with van der Waals surface area (Å²) < 4.78 is 0. The summed E-state index contributed by atoms with van der Waals surface area (Å²) in [6, 6.07) is 14.0. The van der Waals surface area contributed by atoms with Gasteiger partial charge < -0.3 is 0 Å². The van der Waals surface area contributed by atoms with Crippen LogP contribution in [0.25, 0.3) is 5.57 Å². The van der Waals surface area contributed by atoms with E-state index >= 15 is 0 Å². The molecule has 2 heteroatoms. The quantitative estimate of drug-likeness (QED) is 0.629. The van der Waals surface area contributed by atoms with Gasteiger partial charge in [0.25, 0.3) is 0 Å². The van der Waals surface area contributed by atoms with Crippen molar-refractivity contribution in [3.8, 4) is 0 Å². The van der Waals surface area contributed by atoms with Crippen molar-refractivity contribution in [1.29, 1.82) is 0 Å². The minimum absolute atomic E-state index is 0.0636. The van der Waals surface area contributed by atoms with Gasteiger partial charge in [0.05, 0.1) is 5.92 Å². The van der Waals surface area contributed by atoms with Crippen LogP contribution in [0.3, 0.4) is 0 Å². The SMILES string of the molecule is Cc1ccc(C2=CCC(=O)C2c2cccc(C(=O)C3=CC=CCC3)c2)c(C)c1. The van der Waals surface area contributed by atoms with Gasteiger partial charge in [0.2, 0.25) is 0 Å². The number of hydrogen-bond donors (Lipinski definition) is 0. The second-order valence-corrected chi connectivity index (χ2v) is 7.69. The van der Waals surface area contributed by atoms with Crippen molar-refractivity contribution in [2.75, 3.05) is 0 Å². The first-order chi connectivity index (χ1) is 13.5. The maximum absolute atomic E-state index is 12.9. The Kier molecular flexibility index (Phi) is 4.95. The number of Topliss-reactive ketones (excluding diaryl/α,β-unsaturated/α-hetero) is 2. The number of aryl methyl sites for hydroxylation is 2. The molecular weight excluding hydrogens is 344 g/mol. The molecule has 2 aromatic carbocycles. The fraction of sp³-hybridized carbons (Fsp3) is 0.231. The molecule has 0 saturated heterocycles. The summed E-state index contributed by atoms with van der Waals surface area (Å²) in [5.74, 6) is -0.0394. The van der Waals surface area contributed by atoms with Crippen LogP contribution in [-0.2, 0) is 4.79 Å². The van der Waals surface area contributed by atoms with Crippen LogP contribution >= 0.6 is 0 Å². The zero-order chi connectivity index (χ0) is 19.7.